The maximum absolute atomic E-state index is 11.1. The number of nitrogens with one attached hydrogen (secondary N) is 4. The molecule has 1 atom stereocenters. The van der Waals surface area contributed by atoms with Crippen molar-refractivity contribution in [2.24, 2.45) is 0 Å². The van der Waals surface area contributed by atoms with Crippen LogP contribution >= 0.6 is 0 Å². The number of hydrogen-bond acceptors (Lipinski definition) is 4. The first-order valence-electron chi connectivity index (χ1n) is 11.9. The van der Waals surface area contributed by atoms with Gasteiger partial charge in [-0.2, -0.15) is 0 Å². The average molecular weight is 441 g/mol. The molecule has 0 saturated carbocycles. The van der Waals surface area contributed by atoms with Gasteiger partial charge in [0.05, 0.1) is 0 Å². The van der Waals surface area contributed by atoms with Crippen molar-refractivity contribution in [3.05, 3.63) is 71.8 Å². The van der Waals surface area contributed by atoms with E-state index in [1.807, 2.05) is 36.4 Å². The Morgan fingerprint density at radius 1 is 0.688 bits per heavy atom. The number of benzene rings is 2. The lowest BCUT2D eigenvalue weighted by molar-refractivity contribution is 0.188. The van der Waals surface area contributed by atoms with Crippen LogP contribution in [0.15, 0.2) is 60.7 Å². The molecule has 0 aliphatic rings. The molecule has 2 aromatic rings. The summed E-state index contributed by atoms with van der Waals surface area (Å²) in [5.74, 6) is 0. The van der Waals surface area contributed by atoms with Crippen molar-refractivity contribution in [1.82, 2.24) is 21.3 Å². The number of amides is 1. The Morgan fingerprint density at radius 3 is 1.84 bits per heavy atom. The molecule has 0 aliphatic heterocycles. The predicted octanol–water partition coefficient (Wildman–Crippen LogP) is 3.78. The van der Waals surface area contributed by atoms with E-state index in [-0.39, 0.29) is 6.04 Å². The average Bonchev–Trinajstić information content (AvgIpc) is 2.80. The van der Waals surface area contributed by atoms with E-state index in [1.54, 1.807) is 0 Å². The Hall–Kier alpha value is -2.41. The molecule has 0 aliphatic carbocycles. The standard InChI is InChI=1S/C26H40N4O2/c31-26(32)30-25(21-23-11-3-1-4-12-23)15-7-8-16-27-17-9-10-18-28-19-20-29-22-24-13-5-2-6-14-24/h1-6,11-14,25,27-30H,7-10,15-22H2,(H,31,32). The Morgan fingerprint density at radius 2 is 1.22 bits per heavy atom. The molecule has 0 spiro atoms. The summed E-state index contributed by atoms with van der Waals surface area (Å²) >= 11 is 0. The van der Waals surface area contributed by atoms with Crippen LogP contribution in [0.3, 0.4) is 0 Å². The maximum Gasteiger partial charge on any atom is 0.404 e. The second-order valence-electron chi connectivity index (χ2n) is 8.20. The molecule has 0 radical (unpaired) electrons. The van der Waals surface area contributed by atoms with Crippen LogP contribution in [-0.2, 0) is 13.0 Å². The highest BCUT2D eigenvalue weighted by molar-refractivity contribution is 5.64. The first-order valence-corrected chi connectivity index (χ1v) is 11.9. The molecule has 0 saturated heterocycles. The van der Waals surface area contributed by atoms with Crippen molar-refractivity contribution in [2.45, 2.75) is 51.1 Å². The summed E-state index contributed by atoms with van der Waals surface area (Å²) < 4.78 is 0. The SMILES string of the molecule is O=C(O)NC(CCCCNCCCCNCCNCc1ccccc1)Cc1ccccc1. The van der Waals surface area contributed by atoms with E-state index in [9.17, 15) is 4.79 Å². The fraction of sp³-hybridized carbons (Fsp3) is 0.500. The Labute approximate surface area is 193 Å². The minimum absolute atomic E-state index is 0.0249. The van der Waals surface area contributed by atoms with Crippen molar-refractivity contribution in [3.8, 4) is 0 Å². The third-order valence-electron chi connectivity index (χ3n) is 5.42. The monoisotopic (exact) mass is 440 g/mol. The molecule has 0 aromatic heterocycles. The van der Waals surface area contributed by atoms with Crippen LogP contribution in [0.25, 0.3) is 0 Å². The fourth-order valence-electron chi connectivity index (χ4n) is 3.69. The molecule has 6 heteroatoms. The van der Waals surface area contributed by atoms with Gasteiger partial charge in [-0.15, -0.1) is 0 Å². The molecule has 0 heterocycles. The molecule has 0 bridgehead atoms. The molecule has 176 valence electrons. The van der Waals surface area contributed by atoms with Gasteiger partial charge in [0, 0.05) is 25.7 Å². The normalized spacial score (nSPS) is 11.9. The summed E-state index contributed by atoms with van der Waals surface area (Å²) in [5.41, 5.74) is 2.49. The van der Waals surface area contributed by atoms with Crippen LogP contribution in [0, 0.1) is 0 Å². The summed E-state index contributed by atoms with van der Waals surface area (Å²) in [5, 5.41) is 22.2. The van der Waals surface area contributed by atoms with E-state index in [4.69, 9.17) is 5.11 Å². The summed E-state index contributed by atoms with van der Waals surface area (Å²) in [6.45, 7) is 5.98. The van der Waals surface area contributed by atoms with Gasteiger partial charge >= 0.3 is 6.09 Å². The molecule has 1 amide bonds. The van der Waals surface area contributed by atoms with Gasteiger partial charge in [-0.05, 0) is 62.9 Å². The Kier molecular flexibility index (Phi) is 13.9. The number of hydrogen-bond donors (Lipinski definition) is 5. The molecule has 2 rings (SSSR count). The number of carbonyl (C=O) groups is 1. The Balaban J connectivity index is 1.38. The lowest BCUT2D eigenvalue weighted by atomic mass is 10.0. The van der Waals surface area contributed by atoms with Crippen molar-refractivity contribution < 1.29 is 9.90 Å². The zero-order valence-corrected chi connectivity index (χ0v) is 19.2. The van der Waals surface area contributed by atoms with Gasteiger partial charge < -0.3 is 26.4 Å². The van der Waals surface area contributed by atoms with Crippen molar-refractivity contribution in [2.75, 3.05) is 32.7 Å². The topological polar surface area (TPSA) is 85.4 Å². The molecule has 2 aromatic carbocycles. The fourth-order valence-corrected chi connectivity index (χ4v) is 3.69. The molecular weight excluding hydrogens is 400 g/mol. The number of unbranched alkanes of at least 4 members (excludes halogenated alkanes) is 2. The van der Waals surface area contributed by atoms with Crippen LogP contribution in [0.2, 0.25) is 0 Å². The largest absolute Gasteiger partial charge is 0.465 e. The van der Waals surface area contributed by atoms with Crippen LogP contribution in [0.1, 0.15) is 43.2 Å². The minimum Gasteiger partial charge on any atom is -0.465 e. The molecule has 5 N–H and O–H groups in total. The third-order valence-corrected chi connectivity index (χ3v) is 5.42. The van der Waals surface area contributed by atoms with Gasteiger partial charge in [0.25, 0.3) is 0 Å². The smallest absolute Gasteiger partial charge is 0.404 e. The summed E-state index contributed by atoms with van der Waals surface area (Å²) in [4.78, 5) is 11.1. The predicted molar refractivity (Wildman–Crippen MR) is 132 cm³/mol. The van der Waals surface area contributed by atoms with Gasteiger partial charge in [-0.25, -0.2) is 4.79 Å². The first kappa shape index (κ1) is 25.8. The molecule has 1 unspecified atom stereocenters. The van der Waals surface area contributed by atoms with E-state index in [2.05, 4.69) is 45.5 Å². The highest BCUT2D eigenvalue weighted by Gasteiger charge is 2.11. The van der Waals surface area contributed by atoms with Crippen LogP contribution in [0.4, 0.5) is 4.79 Å². The minimum atomic E-state index is -0.940. The van der Waals surface area contributed by atoms with E-state index < -0.39 is 6.09 Å². The number of carboxylic acid groups (broad SMARTS) is 1. The van der Waals surface area contributed by atoms with Crippen molar-refractivity contribution >= 4 is 6.09 Å². The third kappa shape index (κ3) is 13.1. The van der Waals surface area contributed by atoms with Crippen LogP contribution < -0.4 is 21.3 Å². The van der Waals surface area contributed by atoms with Gasteiger partial charge in [0.2, 0.25) is 0 Å². The van der Waals surface area contributed by atoms with Crippen LogP contribution in [-0.4, -0.2) is 50.0 Å². The zero-order chi connectivity index (χ0) is 22.7. The maximum atomic E-state index is 11.1. The van der Waals surface area contributed by atoms with E-state index in [1.165, 1.54) is 24.0 Å². The van der Waals surface area contributed by atoms with Crippen molar-refractivity contribution in [1.29, 1.82) is 0 Å². The van der Waals surface area contributed by atoms with Crippen LogP contribution in [0.5, 0.6) is 0 Å². The zero-order valence-electron chi connectivity index (χ0n) is 19.2. The highest BCUT2D eigenvalue weighted by atomic mass is 16.4. The summed E-state index contributed by atoms with van der Waals surface area (Å²) in [7, 11) is 0. The quantitative estimate of drug-likeness (QED) is 0.228. The number of rotatable bonds is 18. The highest BCUT2D eigenvalue weighted by Crippen LogP contribution is 2.09. The Bertz CT molecular complexity index is 712. The molecule has 6 nitrogen and oxygen atoms in total. The van der Waals surface area contributed by atoms with Gasteiger partial charge in [0.15, 0.2) is 0 Å². The van der Waals surface area contributed by atoms with Gasteiger partial charge in [0.1, 0.15) is 0 Å². The lowest BCUT2D eigenvalue weighted by Crippen LogP contribution is -2.35. The van der Waals surface area contributed by atoms with Gasteiger partial charge in [-0.1, -0.05) is 67.1 Å². The van der Waals surface area contributed by atoms with Crippen molar-refractivity contribution in [3.63, 3.8) is 0 Å². The molecule has 32 heavy (non-hydrogen) atoms. The van der Waals surface area contributed by atoms with E-state index in [0.717, 1.165) is 65.0 Å². The summed E-state index contributed by atoms with van der Waals surface area (Å²) in [6, 6.07) is 20.5. The van der Waals surface area contributed by atoms with Gasteiger partial charge in [-0.3, -0.25) is 0 Å². The van der Waals surface area contributed by atoms with E-state index >= 15 is 0 Å². The summed E-state index contributed by atoms with van der Waals surface area (Å²) in [6.07, 6.45) is 5.10. The molecular formula is C26H40N4O2. The van der Waals surface area contributed by atoms with E-state index in [0.29, 0.717) is 0 Å². The second kappa shape index (κ2) is 17.2. The second-order valence-corrected chi connectivity index (χ2v) is 8.20. The lowest BCUT2D eigenvalue weighted by Gasteiger charge is -2.17. The molecule has 0 fully saturated rings. The first-order chi connectivity index (χ1) is 15.7.